The summed E-state index contributed by atoms with van der Waals surface area (Å²) in [4.78, 5) is 23.6. The molecule has 23 heavy (non-hydrogen) atoms. The molecule has 0 fully saturated rings. The zero-order valence-electron chi connectivity index (χ0n) is 12.9. The van der Waals surface area contributed by atoms with Crippen LogP contribution in [0.25, 0.3) is 0 Å². The van der Waals surface area contributed by atoms with Gasteiger partial charge < -0.3 is 14.8 Å². The van der Waals surface area contributed by atoms with E-state index in [-0.39, 0.29) is 5.69 Å². The minimum Gasteiger partial charge on any atom is -0.477 e. The zero-order chi connectivity index (χ0) is 16.7. The molecule has 0 aliphatic carbocycles. The van der Waals surface area contributed by atoms with Crippen LogP contribution >= 0.6 is 0 Å². The molecule has 0 radical (unpaired) electrons. The number of esters is 1. The number of carbonyl (C=O) groups is 2. The Morgan fingerprint density at radius 3 is 2.30 bits per heavy atom. The Morgan fingerprint density at radius 2 is 1.74 bits per heavy atom. The highest BCUT2D eigenvalue weighted by Crippen LogP contribution is 2.12. The van der Waals surface area contributed by atoms with Crippen LogP contribution in [0.2, 0.25) is 0 Å². The molecule has 7 nitrogen and oxygen atoms in total. The Labute approximate surface area is 133 Å². The second kappa shape index (κ2) is 7.88. The van der Waals surface area contributed by atoms with Crippen molar-refractivity contribution in [2.24, 2.45) is 0 Å². The van der Waals surface area contributed by atoms with Gasteiger partial charge in [-0.25, -0.2) is 4.79 Å². The van der Waals surface area contributed by atoms with Crippen molar-refractivity contribution in [2.75, 3.05) is 18.5 Å². The lowest BCUT2D eigenvalue weighted by atomic mass is 10.2. The van der Waals surface area contributed by atoms with Gasteiger partial charge in [0.1, 0.15) is 0 Å². The minimum atomic E-state index is -0.400. The quantitative estimate of drug-likeness (QED) is 0.823. The normalized spacial score (nSPS) is 10.0. The second-order valence-electron chi connectivity index (χ2n) is 4.44. The monoisotopic (exact) mass is 315 g/mol. The number of amides is 1. The Hall–Kier alpha value is -2.96. The van der Waals surface area contributed by atoms with Gasteiger partial charge in [-0.1, -0.05) is 0 Å². The van der Waals surface area contributed by atoms with E-state index in [4.69, 9.17) is 9.47 Å². The first-order valence-electron chi connectivity index (χ1n) is 7.19. The van der Waals surface area contributed by atoms with Crippen LogP contribution in [0.4, 0.5) is 5.69 Å². The van der Waals surface area contributed by atoms with Crippen molar-refractivity contribution in [3.8, 4) is 5.88 Å². The summed E-state index contributed by atoms with van der Waals surface area (Å²) in [5.74, 6) is -0.435. The SMILES string of the molecule is CCOC(=O)c1ccc(NC(=O)c2ccc(OCC)nn2)cc1. The molecule has 0 unspecified atom stereocenters. The molecule has 0 aliphatic heterocycles. The summed E-state index contributed by atoms with van der Waals surface area (Å²) in [5.41, 5.74) is 1.13. The van der Waals surface area contributed by atoms with Crippen molar-refractivity contribution >= 4 is 17.6 Å². The van der Waals surface area contributed by atoms with Gasteiger partial charge in [-0.15, -0.1) is 10.2 Å². The number of hydrogen-bond acceptors (Lipinski definition) is 6. The molecule has 0 aliphatic rings. The van der Waals surface area contributed by atoms with E-state index in [0.717, 1.165) is 0 Å². The van der Waals surface area contributed by atoms with Crippen LogP contribution in [-0.4, -0.2) is 35.3 Å². The molecule has 2 rings (SSSR count). The average molecular weight is 315 g/mol. The molecule has 0 bridgehead atoms. The van der Waals surface area contributed by atoms with E-state index in [1.54, 1.807) is 37.3 Å². The third-order valence-electron chi connectivity index (χ3n) is 2.82. The van der Waals surface area contributed by atoms with Crippen LogP contribution in [-0.2, 0) is 4.74 Å². The Kier molecular flexibility index (Phi) is 5.62. The smallest absolute Gasteiger partial charge is 0.338 e. The molecule has 0 atom stereocenters. The van der Waals surface area contributed by atoms with Gasteiger partial charge in [0, 0.05) is 11.8 Å². The van der Waals surface area contributed by atoms with E-state index in [1.165, 1.54) is 6.07 Å². The highest BCUT2D eigenvalue weighted by atomic mass is 16.5. The highest BCUT2D eigenvalue weighted by Gasteiger charge is 2.10. The van der Waals surface area contributed by atoms with Crippen molar-refractivity contribution in [1.82, 2.24) is 10.2 Å². The Morgan fingerprint density at radius 1 is 1.00 bits per heavy atom. The van der Waals surface area contributed by atoms with Crippen LogP contribution < -0.4 is 10.1 Å². The van der Waals surface area contributed by atoms with Crippen molar-refractivity contribution in [3.63, 3.8) is 0 Å². The fourth-order valence-corrected chi connectivity index (χ4v) is 1.77. The number of ether oxygens (including phenoxy) is 2. The summed E-state index contributed by atoms with van der Waals surface area (Å²) in [6, 6.07) is 9.50. The number of aromatic nitrogens is 2. The van der Waals surface area contributed by atoms with Gasteiger partial charge in [-0.2, -0.15) is 0 Å². The van der Waals surface area contributed by atoms with Crippen LogP contribution in [0.5, 0.6) is 5.88 Å². The Balaban J connectivity index is 2.00. The van der Waals surface area contributed by atoms with Gasteiger partial charge in [-0.05, 0) is 44.2 Å². The predicted octanol–water partition coefficient (Wildman–Crippen LogP) is 2.30. The molecule has 1 aromatic heterocycles. The van der Waals surface area contributed by atoms with E-state index < -0.39 is 11.9 Å². The zero-order valence-corrected chi connectivity index (χ0v) is 12.9. The van der Waals surface area contributed by atoms with Crippen LogP contribution in [0, 0.1) is 0 Å². The summed E-state index contributed by atoms with van der Waals surface area (Å²) >= 11 is 0. The first kappa shape index (κ1) is 16.4. The largest absolute Gasteiger partial charge is 0.477 e. The van der Waals surface area contributed by atoms with Gasteiger partial charge in [0.05, 0.1) is 18.8 Å². The lowest BCUT2D eigenvalue weighted by Gasteiger charge is -2.06. The lowest BCUT2D eigenvalue weighted by molar-refractivity contribution is 0.0526. The third kappa shape index (κ3) is 4.50. The van der Waals surface area contributed by atoms with E-state index in [1.807, 2.05) is 6.92 Å². The molecular weight excluding hydrogens is 298 g/mol. The third-order valence-corrected chi connectivity index (χ3v) is 2.82. The molecule has 120 valence electrons. The summed E-state index contributed by atoms with van der Waals surface area (Å²) in [7, 11) is 0. The van der Waals surface area contributed by atoms with Crippen molar-refractivity contribution in [1.29, 1.82) is 0 Å². The van der Waals surface area contributed by atoms with Crippen molar-refractivity contribution in [2.45, 2.75) is 13.8 Å². The number of rotatable bonds is 6. The standard InChI is InChI=1S/C16H17N3O4/c1-3-22-14-10-9-13(18-19-14)15(20)17-12-7-5-11(6-8-12)16(21)23-4-2/h5-10H,3-4H2,1-2H3,(H,17,20). The molecule has 0 spiro atoms. The maximum absolute atomic E-state index is 12.1. The van der Waals surface area contributed by atoms with E-state index in [2.05, 4.69) is 15.5 Å². The van der Waals surface area contributed by atoms with Crippen LogP contribution in [0.15, 0.2) is 36.4 Å². The second-order valence-corrected chi connectivity index (χ2v) is 4.44. The first-order chi connectivity index (χ1) is 11.1. The molecule has 1 N–H and O–H groups in total. The molecular formula is C16H17N3O4. The number of nitrogens with zero attached hydrogens (tertiary/aromatic N) is 2. The predicted molar refractivity (Wildman–Crippen MR) is 83.6 cm³/mol. The Bertz CT molecular complexity index is 669. The molecule has 0 saturated carbocycles. The van der Waals surface area contributed by atoms with E-state index >= 15 is 0 Å². The summed E-state index contributed by atoms with van der Waals surface area (Å²) in [5, 5.41) is 10.3. The highest BCUT2D eigenvalue weighted by molar-refractivity contribution is 6.03. The summed E-state index contributed by atoms with van der Waals surface area (Å²) < 4.78 is 10.1. The van der Waals surface area contributed by atoms with Crippen LogP contribution in [0.3, 0.4) is 0 Å². The number of hydrogen-bond donors (Lipinski definition) is 1. The molecule has 2 aromatic rings. The van der Waals surface area contributed by atoms with Crippen LogP contribution in [0.1, 0.15) is 34.7 Å². The summed E-state index contributed by atoms with van der Waals surface area (Å²) in [6.07, 6.45) is 0. The van der Waals surface area contributed by atoms with Crippen molar-refractivity contribution < 1.29 is 19.1 Å². The maximum Gasteiger partial charge on any atom is 0.338 e. The fourth-order valence-electron chi connectivity index (χ4n) is 1.77. The number of benzene rings is 1. The average Bonchev–Trinajstić information content (AvgIpc) is 2.56. The summed E-state index contributed by atoms with van der Waals surface area (Å²) in [6.45, 7) is 4.37. The first-order valence-corrected chi connectivity index (χ1v) is 7.19. The number of anilines is 1. The lowest BCUT2D eigenvalue weighted by Crippen LogP contribution is -2.14. The molecule has 1 heterocycles. The number of nitrogens with one attached hydrogen (secondary N) is 1. The molecule has 1 aromatic carbocycles. The van der Waals surface area contributed by atoms with Crippen molar-refractivity contribution in [3.05, 3.63) is 47.7 Å². The minimum absolute atomic E-state index is 0.169. The fraction of sp³-hybridized carbons (Fsp3) is 0.250. The topological polar surface area (TPSA) is 90.4 Å². The van der Waals surface area contributed by atoms with E-state index in [9.17, 15) is 9.59 Å². The molecule has 0 saturated heterocycles. The van der Waals surface area contributed by atoms with Gasteiger partial charge >= 0.3 is 5.97 Å². The van der Waals surface area contributed by atoms with Gasteiger partial charge in [-0.3, -0.25) is 4.79 Å². The van der Waals surface area contributed by atoms with Gasteiger partial charge in [0.15, 0.2) is 5.69 Å². The molecule has 7 heteroatoms. The van der Waals surface area contributed by atoms with Gasteiger partial charge in [0.25, 0.3) is 5.91 Å². The maximum atomic E-state index is 12.1. The molecule has 1 amide bonds. The van der Waals surface area contributed by atoms with E-state index in [0.29, 0.717) is 30.3 Å². The number of carbonyl (C=O) groups excluding carboxylic acids is 2. The van der Waals surface area contributed by atoms with Gasteiger partial charge in [0.2, 0.25) is 5.88 Å².